The molecule has 20 heavy (non-hydrogen) atoms. The fourth-order valence-electron chi connectivity index (χ4n) is 1.78. The molecule has 0 aliphatic heterocycles. The summed E-state index contributed by atoms with van der Waals surface area (Å²) in [4.78, 5) is 4.17. The fraction of sp³-hybridized carbons (Fsp3) is 0.533. The molecule has 1 aromatic rings. The summed E-state index contributed by atoms with van der Waals surface area (Å²) in [5, 5.41) is 6.54. The largest absolute Gasteiger partial charge is 0.356 e. The zero-order valence-electron chi connectivity index (χ0n) is 12.8. The number of benzene rings is 1. The summed E-state index contributed by atoms with van der Waals surface area (Å²) >= 11 is 0. The molecule has 0 aromatic heterocycles. The summed E-state index contributed by atoms with van der Waals surface area (Å²) in [6.07, 6.45) is 0. The predicted octanol–water partition coefficient (Wildman–Crippen LogP) is 3.29. The van der Waals surface area contributed by atoms with E-state index < -0.39 is 0 Å². The van der Waals surface area contributed by atoms with E-state index >= 15 is 0 Å². The Morgan fingerprint density at radius 1 is 1.25 bits per heavy atom. The second-order valence-electron chi connectivity index (χ2n) is 5.62. The summed E-state index contributed by atoms with van der Waals surface area (Å²) in [6.45, 7) is 9.10. The molecule has 0 amide bonds. The van der Waals surface area contributed by atoms with Gasteiger partial charge in [-0.05, 0) is 31.5 Å². The van der Waals surface area contributed by atoms with Crippen LogP contribution >= 0.6 is 24.0 Å². The van der Waals surface area contributed by atoms with Crippen LogP contribution in [0.5, 0.6) is 0 Å². The van der Waals surface area contributed by atoms with E-state index in [4.69, 9.17) is 0 Å². The third-order valence-electron chi connectivity index (χ3n) is 2.97. The second-order valence-corrected chi connectivity index (χ2v) is 5.62. The highest BCUT2D eigenvalue weighted by molar-refractivity contribution is 14.0. The first kappa shape index (κ1) is 19.1. The van der Waals surface area contributed by atoms with Crippen molar-refractivity contribution in [3.63, 3.8) is 0 Å². The van der Waals surface area contributed by atoms with Crippen LogP contribution in [0.15, 0.2) is 29.3 Å². The van der Waals surface area contributed by atoms with Gasteiger partial charge in [-0.1, -0.05) is 26.0 Å². The third kappa shape index (κ3) is 6.07. The number of aliphatic imine (C=N–C) groups is 1. The molecule has 0 spiro atoms. The number of hydrogen-bond donors (Lipinski definition) is 2. The molecule has 0 radical (unpaired) electrons. The van der Waals surface area contributed by atoms with E-state index in [1.807, 2.05) is 12.1 Å². The predicted molar refractivity (Wildman–Crippen MR) is 94.5 cm³/mol. The quantitative estimate of drug-likeness (QED) is 0.468. The van der Waals surface area contributed by atoms with E-state index in [-0.39, 0.29) is 35.2 Å². The number of hydrogen-bond acceptors (Lipinski definition) is 1. The van der Waals surface area contributed by atoms with Crippen LogP contribution in [0.4, 0.5) is 4.39 Å². The van der Waals surface area contributed by atoms with E-state index in [1.165, 1.54) is 12.1 Å². The van der Waals surface area contributed by atoms with Gasteiger partial charge in [0.1, 0.15) is 5.82 Å². The summed E-state index contributed by atoms with van der Waals surface area (Å²) in [7, 11) is 1.75. The lowest BCUT2D eigenvalue weighted by Crippen LogP contribution is -2.45. The first-order valence-electron chi connectivity index (χ1n) is 6.58. The van der Waals surface area contributed by atoms with Crippen LogP contribution in [-0.4, -0.2) is 25.6 Å². The van der Waals surface area contributed by atoms with Crippen molar-refractivity contribution in [2.24, 2.45) is 4.99 Å². The first-order chi connectivity index (χ1) is 8.85. The van der Waals surface area contributed by atoms with Gasteiger partial charge in [-0.25, -0.2) is 4.39 Å². The average molecular weight is 393 g/mol. The molecule has 0 heterocycles. The number of rotatable bonds is 4. The zero-order chi connectivity index (χ0) is 14.5. The van der Waals surface area contributed by atoms with Crippen molar-refractivity contribution in [1.82, 2.24) is 10.6 Å². The lowest BCUT2D eigenvalue weighted by atomic mass is 9.84. The Balaban J connectivity index is 0.00000361. The number of halogens is 2. The maximum absolute atomic E-state index is 12.9. The minimum atomic E-state index is -0.204. The molecule has 0 saturated heterocycles. The highest BCUT2D eigenvalue weighted by Crippen LogP contribution is 2.22. The van der Waals surface area contributed by atoms with Crippen molar-refractivity contribution in [2.45, 2.75) is 39.2 Å². The number of nitrogens with zero attached hydrogens (tertiary/aromatic N) is 1. The molecule has 0 unspecified atom stereocenters. The maximum Gasteiger partial charge on any atom is 0.191 e. The summed E-state index contributed by atoms with van der Waals surface area (Å²) in [5.74, 6) is 0.579. The van der Waals surface area contributed by atoms with Crippen molar-refractivity contribution in [3.8, 4) is 0 Å². The zero-order valence-corrected chi connectivity index (χ0v) is 15.2. The van der Waals surface area contributed by atoms with Crippen LogP contribution in [-0.2, 0) is 5.41 Å². The van der Waals surface area contributed by atoms with Crippen LogP contribution in [0, 0.1) is 5.82 Å². The van der Waals surface area contributed by atoms with Crippen LogP contribution < -0.4 is 10.6 Å². The Kier molecular flexibility index (Phi) is 8.08. The molecule has 2 N–H and O–H groups in total. The molecule has 0 aliphatic rings. The Morgan fingerprint density at radius 3 is 2.25 bits per heavy atom. The van der Waals surface area contributed by atoms with E-state index in [9.17, 15) is 4.39 Å². The number of guanidine groups is 1. The van der Waals surface area contributed by atoms with Gasteiger partial charge in [-0.15, -0.1) is 24.0 Å². The van der Waals surface area contributed by atoms with Gasteiger partial charge in [0.2, 0.25) is 0 Å². The molecule has 0 bridgehead atoms. The third-order valence-corrected chi connectivity index (χ3v) is 2.97. The Hall–Kier alpha value is -0.850. The van der Waals surface area contributed by atoms with Crippen LogP contribution in [0.1, 0.15) is 33.3 Å². The fourth-order valence-corrected chi connectivity index (χ4v) is 1.78. The van der Waals surface area contributed by atoms with E-state index in [1.54, 1.807) is 7.05 Å². The molecule has 0 atom stereocenters. The van der Waals surface area contributed by atoms with Gasteiger partial charge < -0.3 is 10.6 Å². The first-order valence-corrected chi connectivity index (χ1v) is 6.58. The van der Waals surface area contributed by atoms with Gasteiger partial charge in [0, 0.05) is 25.0 Å². The van der Waals surface area contributed by atoms with Gasteiger partial charge in [0.15, 0.2) is 5.96 Å². The van der Waals surface area contributed by atoms with Crippen molar-refractivity contribution >= 4 is 29.9 Å². The molecular formula is C15H25FIN3. The highest BCUT2D eigenvalue weighted by atomic mass is 127. The second kappa shape index (κ2) is 8.44. The smallest absolute Gasteiger partial charge is 0.191 e. The molecule has 0 saturated carbocycles. The van der Waals surface area contributed by atoms with Gasteiger partial charge in [-0.2, -0.15) is 0 Å². The van der Waals surface area contributed by atoms with Crippen LogP contribution in [0.2, 0.25) is 0 Å². The maximum atomic E-state index is 12.9. The molecule has 1 rings (SSSR count). The van der Waals surface area contributed by atoms with Crippen LogP contribution in [0.3, 0.4) is 0 Å². The van der Waals surface area contributed by atoms with Gasteiger partial charge in [-0.3, -0.25) is 4.99 Å². The molecule has 5 heteroatoms. The SMILES string of the molecule is CN=C(NCC(C)(C)c1ccc(F)cc1)NC(C)C.I. The topological polar surface area (TPSA) is 36.4 Å². The molecular weight excluding hydrogens is 368 g/mol. The normalized spacial score (nSPS) is 12.1. The van der Waals surface area contributed by atoms with Crippen LogP contribution in [0.25, 0.3) is 0 Å². The summed E-state index contributed by atoms with van der Waals surface area (Å²) in [5.41, 5.74) is 1.00. The minimum Gasteiger partial charge on any atom is -0.356 e. The van der Waals surface area contributed by atoms with Crippen molar-refractivity contribution in [3.05, 3.63) is 35.6 Å². The Bertz CT molecular complexity index is 427. The molecule has 0 aliphatic carbocycles. The van der Waals surface area contributed by atoms with E-state index in [0.717, 1.165) is 18.1 Å². The van der Waals surface area contributed by atoms with Gasteiger partial charge in [0.25, 0.3) is 0 Å². The van der Waals surface area contributed by atoms with Gasteiger partial charge in [0.05, 0.1) is 0 Å². The van der Waals surface area contributed by atoms with Crippen molar-refractivity contribution in [1.29, 1.82) is 0 Å². The minimum absolute atomic E-state index is 0. The highest BCUT2D eigenvalue weighted by Gasteiger charge is 2.21. The monoisotopic (exact) mass is 393 g/mol. The molecule has 114 valence electrons. The van der Waals surface area contributed by atoms with Gasteiger partial charge >= 0.3 is 0 Å². The van der Waals surface area contributed by atoms with E-state index in [2.05, 4.69) is 43.3 Å². The van der Waals surface area contributed by atoms with Crippen molar-refractivity contribution < 1.29 is 4.39 Å². The summed E-state index contributed by atoms with van der Waals surface area (Å²) in [6, 6.07) is 6.99. The standard InChI is InChI=1S/C15H24FN3.HI/c1-11(2)19-14(17-5)18-10-15(3,4)12-6-8-13(16)9-7-12;/h6-9,11H,10H2,1-5H3,(H2,17,18,19);1H. The number of nitrogens with one attached hydrogen (secondary N) is 2. The molecule has 0 fully saturated rings. The molecule has 3 nitrogen and oxygen atoms in total. The lowest BCUT2D eigenvalue weighted by molar-refractivity contribution is 0.504. The average Bonchev–Trinajstić information content (AvgIpc) is 2.34. The Morgan fingerprint density at radius 2 is 1.80 bits per heavy atom. The Labute approximate surface area is 138 Å². The molecule has 1 aromatic carbocycles. The van der Waals surface area contributed by atoms with E-state index in [0.29, 0.717) is 6.04 Å². The van der Waals surface area contributed by atoms with Crippen molar-refractivity contribution in [2.75, 3.05) is 13.6 Å². The summed E-state index contributed by atoms with van der Waals surface area (Å²) < 4.78 is 12.9. The lowest BCUT2D eigenvalue weighted by Gasteiger charge is -2.27.